The van der Waals surface area contributed by atoms with Crippen molar-refractivity contribution < 1.29 is 0 Å². The van der Waals surface area contributed by atoms with Crippen LogP contribution in [0.5, 0.6) is 0 Å². The lowest BCUT2D eigenvalue weighted by molar-refractivity contribution is 0.829. The fourth-order valence-corrected chi connectivity index (χ4v) is 4.84. The van der Waals surface area contributed by atoms with Crippen LogP contribution in [0.3, 0.4) is 0 Å². The van der Waals surface area contributed by atoms with Gasteiger partial charge in [-0.3, -0.25) is 4.79 Å². The van der Waals surface area contributed by atoms with Crippen molar-refractivity contribution in [3.8, 4) is 17.1 Å². The van der Waals surface area contributed by atoms with E-state index in [0.717, 1.165) is 41.3 Å². The Morgan fingerprint density at radius 3 is 2.27 bits per heavy atom. The topological polar surface area (TPSA) is 55.4 Å². The molecule has 0 aliphatic rings. The molecule has 3 aromatic carbocycles. The molecule has 37 heavy (non-hydrogen) atoms. The number of aromatic nitrogens is 3. The van der Waals surface area contributed by atoms with Gasteiger partial charge in [-0.15, -0.1) is 0 Å². The van der Waals surface area contributed by atoms with Crippen LogP contribution in [-0.4, -0.2) is 33.5 Å². The minimum Gasteiger partial charge on any atom is -0.372 e. The van der Waals surface area contributed by atoms with Gasteiger partial charge in [0.2, 0.25) is 0 Å². The van der Waals surface area contributed by atoms with Crippen LogP contribution >= 0.6 is 0 Å². The second-order valence-corrected chi connectivity index (χ2v) is 9.03. The number of para-hydroxylation sites is 1. The van der Waals surface area contributed by atoms with Crippen LogP contribution in [0.1, 0.15) is 30.8 Å². The largest absolute Gasteiger partial charge is 0.372 e. The Bertz CT molecular complexity index is 1620. The van der Waals surface area contributed by atoms with Crippen molar-refractivity contribution in [1.29, 1.82) is 0 Å². The summed E-state index contributed by atoms with van der Waals surface area (Å²) in [7, 11) is 0. The molecule has 0 fully saturated rings. The molecule has 0 amide bonds. The molecule has 0 saturated carbocycles. The molecular weight excluding hydrogens is 458 g/mol. The third kappa shape index (κ3) is 4.58. The average molecular weight is 490 g/mol. The van der Waals surface area contributed by atoms with E-state index >= 15 is 0 Å². The van der Waals surface area contributed by atoms with Crippen molar-refractivity contribution in [3.05, 3.63) is 112 Å². The van der Waals surface area contributed by atoms with Gasteiger partial charge in [-0.1, -0.05) is 42.5 Å². The van der Waals surface area contributed by atoms with Crippen molar-refractivity contribution in [2.45, 2.75) is 27.7 Å². The van der Waals surface area contributed by atoms with Gasteiger partial charge in [-0.25, -0.2) is 4.98 Å². The summed E-state index contributed by atoms with van der Waals surface area (Å²) in [5, 5.41) is 5.21. The van der Waals surface area contributed by atoms with Crippen molar-refractivity contribution in [2.75, 3.05) is 18.0 Å². The number of hydrogen-bond donors (Lipinski definition) is 0. The van der Waals surface area contributed by atoms with Crippen molar-refractivity contribution in [1.82, 2.24) is 14.2 Å². The summed E-state index contributed by atoms with van der Waals surface area (Å²) in [4.78, 5) is 20.6. The highest BCUT2D eigenvalue weighted by Gasteiger charge is 2.14. The molecule has 6 heteroatoms. The third-order valence-electron chi connectivity index (χ3n) is 6.80. The maximum atomic E-state index is 13.5. The molecule has 0 unspecified atom stereocenters. The SMILES string of the molecule is CCN(CC)c1ccc(-n2c(C)cc(C=Nn3c(-c4ccccc4)nc4ccccc4c3=O)c2C)cc1. The van der Waals surface area contributed by atoms with E-state index in [1.54, 1.807) is 12.3 Å². The highest BCUT2D eigenvalue weighted by molar-refractivity contribution is 5.83. The molecule has 0 bridgehead atoms. The van der Waals surface area contributed by atoms with E-state index in [9.17, 15) is 4.79 Å². The number of fused-ring (bicyclic) bond motifs is 1. The summed E-state index contributed by atoms with van der Waals surface area (Å²) in [5.41, 5.74) is 6.72. The van der Waals surface area contributed by atoms with Gasteiger partial charge in [0, 0.05) is 47.0 Å². The van der Waals surface area contributed by atoms with Gasteiger partial charge < -0.3 is 9.47 Å². The molecule has 2 aromatic heterocycles. The van der Waals surface area contributed by atoms with E-state index in [1.165, 1.54) is 10.4 Å². The van der Waals surface area contributed by atoms with Crippen LogP contribution in [0.2, 0.25) is 0 Å². The normalized spacial score (nSPS) is 11.5. The molecule has 2 heterocycles. The summed E-state index contributed by atoms with van der Waals surface area (Å²) in [6.45, 7) is 10.5. The smallest absolute Gasteiger partial charge is 0.282 e. The molecule has 5 rings (SSSR count). The molecule has 5 aromatic rings. The van der Waals surface area contributed by atoms with Crippen LogP contribution in [0.15, 0.2) is 94.8 Å². The summed E-state index contributed by atoms with van der Waals surface area (Å²) >= 11 is 0. The molecule has 6 nitrogen and oxygen atoms in total. The van der Waals surface area contributed by atoms with Crippen LogP contribution < -0.4 is 10.5 Å². The molecule has 0 aliphatic heterocycles. The lowest BCUT2D eigenvalue weighted by Gasteiger charge is -2.21. The fourth-order valence-electron chi connectivity index (χ4n) is 4.84. The first-order valence-corrected chi connectivity index (χ1v) is 12.7. The first-order chi connectivity index (χ1) is 18.0. The Hall–Kier alpha value is -4.45. The Kier molecular flexibility index (Phi) is 6.73. The molecule has 0 saturated heterocycles. The molecule has 0 N–H and O–H groups in total. The zero-order valence-electron chi connectivity index (χ0n) is 21.7. The molecule has 0 spiro atoms. The summed E-state index contributed by atoms with van der Waals surface area (Å²) < 4.78 is 3.62. The number of aryl methyl sites for hydroxylation is 1. The minimum absolute atomic E-state index is 0.193. The summed E-state index contributed by atoms with van der Waals surface area (Å²) in [5.74, 6) is 0.515. The van der Waals surface area contributed by atoms with Crippen molar-refractivity contribution in [2.24, 2.45) is 5.10 Å². The van der Waals surface area contributed by atoms with E-state index in [0.29, 0.717) is 16.7 Å². The highest BCUT2D eigenvalue weighted by Crippen LogP contribution is 2.23. The molecule has 0 atom stereocenters. The number of rotatable bonds is 7. The van der Waals surface area contributed by atoms with Gasteiger partial charge in [-0.2, -0.15) is 9.78 Å². The second-order valence-electron chi connectivity index (χ2n) is 9.03. The van der Waals surface area contributed by atoms with Crippen molar-refractivity contribution in [3.63, 3.8) is 0 Å². The second kappa shape index (κ2) is 10.3. The monoisotopic (exact) mass is 489 g/mol. The number of nitrogens with zero attached hydrogens (tertiary/aromatic N) is 5. The lowest BCUT2D eigenvalue weighted by atomic mass is 10.2. The molecular formula is C31H31N5O. The van der Waals surface area contributed by atoms with Gasteiger partial charge in [0.05, 0.1) is 17.1 Å². The van der Waals surface area contributed by atoms with Gasteiger partial charge in [0.25, 0.3) is 5.56 Å². The summed E-state index contributed by atoms with van der Waals surface area (Å²) in [6, 6.07) is 27.8. The Morgan fingerprint density at radius 2 is 1.57 bits per heavy atom. The number of hydrogen-bond acceptors (Lipinski definition) is 4. The van der Waals surface area contributed by atoms with Gasteiger partial charge in [0.1, 0.15) is 0 Å². The van der Waals surface area contributed by atoms with Gasteiger partial charge in [0.15, 0.2) is 5.82 Å². The first-order valence-electron chi connectivity index (χ1n) is 12.7. The summed E-state index contributed by atoms with van der Waals surface area (Å²) in [6.07, 6.45) is 1.76. The fraction of sp³-hybridized carbons (Fsp3) is 0.194. The average Bonchev–Trinajstić information content (AvgIpc) is 3.22. The lowest BCUT2D eigenvalue weighted by Crippen LogP contribution is -2.21. The van der Waals surface area contributed by atoms with Gasteiger partial charge in [-0.05, 0) is 70.2 Å². The predicted octanol–water partition coefficient (Wildman–Crippen LogP) is 6.20. The van der Waals surface area contributed by atoms with E-state index in [4.69, 9.17) is 4.98 Å². The Labute approximate surface area is 217 Å². The molecule has 0 radical (unpaired) electrons. The predicted molar refractivity (Wildman–Crippen MR) is 153 cm³/mol. The highest BCUT2D eigenvalue weighted by atomic mass is 16.1. The Balaban J connectivity index is 1.57. The maximum absolute atomic E-state index is 13.5. The minimum atomic E-state index is -0.193. The van der Waals surface area contributed by atoms with Crippen LogP contribution in [0, 0.1) is 13.8 Å². The number of anilines is 1. The maximum Gasteiger partial charge on any atom is 0.282 e. The number of benzene rings is 3. The standard InChI is InChI=1S/C31H31N5O/c1-5-34(6-2)26-16-18-27(19-17-26)35-22(3)20-25(23(35)4)21-32-36-30(24-12-8-7-9-13-24)33-29-15-11-10-14-28(29)31(36)37/h7-21H,5-6H2,1-4H3. The van der Waals surface area contributed by atoms with E-state index in [-0.39, 0.29) is 5.56 Å². The van der Waals surface area contributed by atoms with E-state index in [2.05, 4.69) is 72.6 Å². The first kappa shape index (κ1) is 24.3. The molecule has 0 aliphatic carbocycles. The van der Waals surface area contributed by atoms with Crippen LogP contribution in [0.25, 0.3) is 28.0 Å². The Morgan fingerprint density at radius 1 is 0.892 bits per heavy atom. The zero-order valence-corrected chi connectivity index (χ0v) is 21.7. The van der Waals surface area contributed by atoms with Crippen molar-refractivity contribution >= 4 is 22.8 Å². The van der Waals surface area contributed by atoms with E-state index < -0.39 is 0 Å². The van der Waals surface area contributed by atoms with Gasteiger partial charge >= 0.3 is 0 Å². The zero-order chi connectivity index (χ0) is 25.9. The quantitative estimate of drug-likeness (QED) is 0.256. The molecule has 186 valence electrons. The van der Waals surface area contributed by atoms with Crippen LogP contribution in [-0.2, 0) is 0 Å². The van der Waals surface area contributed by atoms with Crippen LogP contribution in [0.4, 0.5) is 5.69 Å². The van der Waals surface area contributed by atoms with E-state index in [1.807, 2.05) is 48.5 Å². The third-order valence-corrected chi connectivity index (χ3v) is 6.80.